The number of anilines is 1. The molecule has 3 aromatic rings. The van der Waals surface area contributed by atoms with Gasteiger partial charge in [0.15, 0.2) is 0 Å². The van der Waals surface area contributed by atoms with Gasteiger partial charge >= 0.3 is 0 Å². The molecule has 27 heavy (non-hydrogen) atoms. The Hall–Kier alpha value is -1.88. The van der Waals surface area contributed by atoms with Crippen LogP contribution in [0.3, 0.4) is 0 Å². The van der Waals surface area contributed by atoms with Gasteiger partial charge < -0.3 is 14.5 Å². The van der Waals surface area contributed by atoms with Gasteiger partial charge in [-0.05, 0) is 64.8 Å². The monoisotopic (exact) mass is 378 g/mol. The molecule has 2 aliphatic heterocycles. The first-order valence-corrected chi connectivity index (χ1v) is 10.6. The van der Waals surface area contributed by atoms with Gasteiger partial charge in [-0.25, -0.2) is 0 Å². The lowest BCUT2D eigenvalue weighted by atomic mass is 9.71. The summed E-state index contributed by atoms with van der Waals surface area (Å²) in [7, 11) is 2.24. The summed E-state index contributed by atoms with van der Waals surface area (Å²) in [6.07, 6.45) is 0. The van der Waals surface area contributed by atoms with Crippen molar-refractivity contribution in [3.8, 4) is 0 Å². The zero-order valence-corrected chi connectivity index (χ0v) is 16.9. The molecule has 0 saturated carbocycles. The largest absolute Gasteiger partial charge is 0.378 e. The van der Waals surface area contributed by atoms with Crippen LogP contribution in [0.25, 0.3) is 10.1 Å². The van der Waals surface area contributed by atoms with Crippen molar-refractivity contribution in [1.29, 1.82) is 0 Å². The van der Waals surface area contributed by atoms with Crippen molar-refractivity contribution in [3.63, 3.8) is 0 Å². The van der Waals surface area contributed by atoms with Crippen LogP contribution in [-0.4, -0.2) is 44.8 Å². The number of benzene rings is 2. The fourth-order valence-electron chi connectivity index (χ4n) is 4.80. The van der Waals surface area contributed by atoms with Crippen LogP contribution in [0.1, 0.15) is 23.6 Å². The van der Waals surface area contributed by atoms with Crippen molar-refractivity contribution in [3.05, 3.63) is 64.5 Å². The molecule has 2 aromatic carbocycles. The van der Waals surface area contributed by atoms with E-state index in [0.29, 0.717) is 0 Å². The normalized spacial score (nSPS) is 23.6. The molecule has 140 valence electrons. The van der Waals surface area contributed by atoms with Crippen LogP contribution in [0.15, 0.2) is 47.8 Å². The Morgan fingerprint density at radius 1 is 1.04 bits per heavy atom. The van der Waals surface area contributed by atoms with E-state index in [0.717, 1.165) is 39.4 Å². The van der Waals surface area contributed by atoms with Crippen LogP contribution in [0.2, 0.25) is 0 Å². The second kappa shape index (κ2) is 6.62. The fraction of sp³-hybridized carbons (Fsp3) is 0.391. The third-order valence-corrected chi connectivity index (χ3v) is 7.07. The molecule has 0 amide bonds. The molecule has 1 fully saturated rings. The van der Waals surface area contributed by atoms with Crippen molar-refractivity contribution in [2.75, 3.05) is 44.8 Å². The minimum atomic E-state index is 0.0159. The minimum absolute atomic E-state index is 0.0159. The minimum Gasteiger partial charge on any atom is -0.378 e. The molecule has 1 saturated heterocycles. The molecule has 3 nitrogen and oxygen atoms in total. The van der Waals surface area contributed by atoms with Crippen LogP contribution >= 0.6 is 11.3 Å². The second-order valence-corrected chi connectivity index (χ2v) is 9.07. The fourth-order valence-corrected chi connectivity index (χ4v) is 5.57. The Balaban J connectivity index is 1.58. The van der Waals surface area contributed by atoms with E-state index in [2.05, 4.69) is 71.6 Å². The highest BCUT2D eigenvalue weighted by atomic mass is 32.1. The summed E-state index contributed by atoms with van der Waals surface area (Å²) in [5.74, 6) is 0. The molecule has 1 aromatic heterocycles. The number of hydrogen-bond acceptors (Lipinski definition) is 4. The van der Waals surface area contributed by atoms with Gasteiger partial charge in [0.1, 0.15) is 0 Å². The van der Waals surface area contributed by atoms with Gasteiger partial charge in [-0.3, -0.25) is 0 Å². The van der Waals surface area contributed by atoms with Crippen LogP contribution in [-0.2, 0) is 16.7 Å². The van der Waals surface area contributed by atoms with E-state index in [1.807, 2.05) is 11.3 Å². The van der Waals surface area contributed by atoms with E-state index < -0.39 is 0 Å². The molecule has 1 unspecified atom stereocenters. The van der Waals surface area contributed by atoms with E-state index in [-0.39, 0.29) is 5.41 Å². The number of fused-ring (bicyclic) bond motifs is 2. The van der Waals surface area contributed by atoms with Gasteiger partial charge in [0.2, 0.25) is 0 Å². The summed E-state index contributed by atoms with van der Waals surface area (Å²) < 4.78 is 6.89. The lowest BCUT2D eigenvalue weighted by Gasteiger charge is -2.42. The van der Waals surface area contributed by atoms with Gasteiger partial charge in [0.25, 0.3) is 0 Å². The van der Waals surface area contributed by atoms with Gasteiger partial charge in [-0.1, -0.05) is 19.1 Å². The maximum absolute atomic E-state index is 5.52. The number of morpholine rings is 1. The molecule has 0 radical (unpaired) electrons. The van der Waals surface area contributed by atoms with Gasteiger partial charge in [-0.15, -0.1) is 11.3 Å². The van der Waals surface area contributed by atoms with Crippen molar-refractivity contribution in [2.24, 2.45) is 0 Å². The Bertz CT molecular complexity index is 975. The Morgan fingerprint density at radius 3 is 2.74 bits per heavy atom. The number of hydrogen-bond donors (Lipinski definition) is 0. The summed E-state index contributed by atoms with van der Waals surface area (Å²) in [6.45, 7) is 8.10. The summed E-state index contributed by atoms with van der Waals surface area (Å²) >= 11 is 1.82. The van der Waals surface area contributed by atoms with Crippen LogP contribution in [0, 0.1) is 0 Å². The first-order valence-electron chi connectivity index (χ1n) is 9.76. The highest BCUT2D eigenvalue weighted by Crippen LogP contribution is 2.41. The van der Waals surface area contributed by atoms with Crippen molar-refractivity contribution in [2.45, 2.75) is 18.9 Å². The van der Waals surface area contributed by atoms with E-state index in [4.69, 9.17) is 4.74 Å². The molecule has 0 spiro atoms. The van der Waals surface area contributed by atoms with Crippen molar-refractivity contribution in [1.82, 2.24) is 4.90 Å². The highest BCUT2D eigenvalue weighted by Gasteiger charge is 2.36. The Labute approximate surface area is 165 Å². The van der Waals surface area contributed by atoms with Gasteiger partial charge in [-0.2, -0.15) is 0 Å². The molecule has 3 heterocycles. The van der Waals surface area contributed by atoms with Crippen LogP contribution in [0.5, 0.6) is 0 Å². The highest BCUT2D eigenvalue weighted by molar-refractivity contribution is 7.17. The Morgan fingerprint density at radius 2 is 1.89 bits per heavy atom. The summed E-state index contributed by atoms with van der Waals surface area (Å²) in [6, 6.07) is 16.4. The number of rotatable bonds is 2. The summed E-state index contributed by atoms with van der Waals surface area (Å²) in [5.41, 5.74) is 5.71. The molecule has 0 N–H and O–H groups in total. The topological polar surface area (TPSA) is 15.7 Å². The van der Waals surface area contributed by atoms with Crippen LogP contribution < -0.4 is 4.90 Å². The molecule has 0 bridgehead atoms. The Kier molecular flexibility index (Phi) is 4.23. The second-order valence-electron chi connectivity index (χ2n) is 8.12. The van der Waals surface area contributed by atoms with E-state index >= 15 is 0 Å². The van der Waals surface area contributed by atoms with E-state index in [1.165, 1.54) is 32.5 Å². The third-order valence-electron chi connectivity index (χ3n) is 6.18. The van der Waals surface area contributed by atoms with Crippen LogP contribution in [0.4, 0.5) is 5.69 Å². The maximum atomic E-state index is 5.52. The first-order chi connectivity index (χ1) is 13.1. The zero-order valence-electron chi connectivity index (χ0n) is 16.1. The standard InChI is InChI=1S/C23H26N2OS/c1-23(19-3-6-22-17(13-19)7-12-27-22)16-24(2)15-18-14-20(4-5-21(18)23)25-8-10-26-11-9-25/h3-7,12-14H,8-11,15-16H2,1-2H3. The smallest absolute Gasteiger partial charge is 0.0642 e. The SMILES string of the molecule is CN1Cc2cc(N3CCOCC3)ccc2C(C)(c2ccc3sccc3c2)C1. The molecule has 4 heteroatoms. The molecule has 5 rings (SSSR count). The maximum Gasteiger partial charge on any atom is 0.0642 e. The lowest BCUT2D eigenvalue weighted by molar-refractivity contribution is 0.122. The molecule has 2 aliphatic rings. The third kappa shape index (κ3) is 2.96. The lowest BCUT2D eigenvalue weighted by Crippen LogP contribution is -2.43. The quantitative estimate of drug-likeness (QED) is 0.653. The summed E-state index contributed by atoms with van der Waals surface area (Å²) in [5, 5.41) is 3.55. The van der Waals surface area contributed by atoms with Crippen molar-refractivity contribution < 1.29 is 4.74 Å². The van der Waals surface area contributed by atoms with E-state index in [9.17, 15) is 0 Å². The summed E-state index contributed by atoms with van der Waals surface area (Å²) in [4.78, 5) is 4.91. The molecule has 0 aliphatic carbocycles. The van der Waals surface area contributed by atoms with Gasteiger partial charge in [0.05, 0.1) is 13.2 Å². The van der Waals surface area contributed by atoms with Crippen molar-refractivity contribution >= 4 is 27.1 Å². The number of likely N-dealkylation sites (N-methyl/N-ethyl adjacent to an activating group) is 1. The average molecular weight is 379 g/mol. The molecular weight excluding hydrogens is 352 g/mol. The predicted molar refractivity (Wildman–Crippen MR) is 114 cm³/mol. The predicted octanol–water partition coefficient (Wildman–Crippen LogP) is 4.49. The number of thiophene rings is 1. The average Bonchev–Trinajstić information content (AvgIpc) is 3.16. The number of nitrogens with zero attached hydrogens (tertiary/aromatic N) is 2. The number of ether oxygens (including phenoxy) is 1. The molecular formula is C23H26N2OS. The molecule has 1 atom stereocenters. The zero-order chi connectivity index (χ0) is 18.4. The van der Waals surface area contributed by atoms with E-state index in [1.54, 1.807) is 0 Å². The first kappa shape index (κ1) is 17.2. The van der Waals surface area contributed by atoms with Gasteiger partial charge in [0, 0.05) is 42.0 Å².